The molecule has 1 atom stereocenters. The number of anilines is 1. The molecule has 3 heterocycles. The van der Waals surface area contributed by atoms with E-state index in [2.05, 4.69) is 20.3 Å². The number of Topliss-reactive ketones (excluding diaryl/α,β-unsaturated/α-hetero) is 1. The van der Waals surface area contributed by atoms with E-state index in [1.807, 2.05) is 6.26 Å². The van der Waals surface area contributed by atoms with Crippen LogP contribution in [-0.4, -0.2) is 38.1 Å². The van der Waals surface area contributed by atoms with Gasteiger partial charge in [0.2, 0.25) is 5.91 Å². The molecule has 1 aliphatic rings. The lowest BCUT2D eigenvalue weighted by Crippen LogP contribution is -2.29. The van der Waals surface area contributed by atoms with Crippen molar-refractivity contribution in [1.82, 2.24) is 15.0 Å². The second kappa shape index (κ2) is 6.23. The van der Waals surface area contributed by atoms with Gasteiger partial charge in [-0.2, -0.15) is 0 Å². The van der Waals surface area contributed by atoms with E-state index in [1.54, 1.807) is 12.1 Å². The van der Waals surface area contributed by atoms with Crippen LogP contribution in [0, 0.1) is 0 Å². The molecule has 1 N–H and O–H groups in total. The smallest absolute Gasteiger partial charge is 0.247 e. The zero-order valence-corrected chi connectivity index (χ0v) is 13.6. The number of thioether (sulfide) groups is 2. The number of halogens is 1. The molecule has 0 spiro atoms. The number of carbonyl (C=O) groups is 2. The third kappa shape index (κ3) is 2.94. The van der Waals surface area contributed by atoms with Crippen LogP contribution < -0.4 is 5.32 Å². The largest absolute Gasteiger partial charge is 0.309 e. The highest BCUT2D eigenvalue weighted by atomic mass is 35.5. The second-order valence-electron chi connectivity index (χ2n) is 4.29. The first-order valence-electron chi connectivity index (χ1n) is 6.13. The first-order valence-corrected chi connectivity index (χ1v) is 8.61. The van der Waals surface area contributed by atoms with Crippen molar-refractivity contribution in [2.24, 2.45) is 0 Å². The molecule has 1 amide bonds. The molecule has 0 aliphatic carbocycles. The molecule has 3 rings (SSSR count). The molecule has 22 heavy (non-hydrogen) atoms. The van der Waals surface area contributed by atoms with Crippen LogP contribution in [0.15, 0.2) is 34.7 Å². The van der Waals surface area contributed by atoms with E-state index in [-0.39, 0.29) is 5.78 Å². The Hall–Kier alpha value is -1.64. The van der Waals surface area contributed by atoms with Gasteiger partial charge < -0.3 is 5.32 Å². The van der Waals surface area contributed by atoms with Gasteiger partial charge in [0.25, 0.3) is 0 Å². The summed E-state index contributed by atoms with van der Waals surface area (Å²) < 4.78 is 0. The quantitative estimate of drug-likeness (QED) is 0.393. The minimum absolute atomic E-state index is 0.292. The molecule has 9 heteroatoms. The van der Waals surface area contributed by atoms with Gasteiger partial charge in [-0.3, -0.25) is 9.59 Å². The molecule has 1 aliphatic heterocycles. The van der Waals surface area contributed by atoms with E-state index in [4.69, 9.17) is 11.6 Å². The highest BCUT2D eigenvalue weighted by Crippen LogP contribution is 2.36. The summed E-state index contributed by atoms with van der Waals surface area (Å²) in [5.74, 6) is -0.387. The van der Waals surface area contributed by atoms with Crippen LogP contribution in [0.25, 0.3) is 0 Å². The highest BCUT2D eigenvalue weighted by Gasteiger charge is 2.38. The molecule has 2 aromatic rings. The topological polar surface area (TPSA) is 84.8 Å². The van der Waals surface area contributed by atoms with Gasteiger partial charge in [0.1, 0.15) is 10.8 Å². The summed E-state index contributed by atoms with van der Waals surface area (Å²) >= 11 is 8.24. The number of nitrogens with zero attached hydrogens (tertiary/aromatic N) is 3. The average Bonchev–Trinajstić information content (AvgIpc) is 2.86. The van der Waals surface area contributed by atoms with Gasteiger partial charge in [-0.15, -0.1) is 0 Å². The number of rotatable bonds is 3. The van der Waals surface area contributed by atoms with Crippen LogP contribution in [0.4, 0.5) is 5.82 Å². The second-order valence-corrected chi connectivity index (χ2v) is 6.59. The van der Waals surface area contributed by atoms with E-state index >= 15 is 0 Å². The van der Waals surface area contributed by atoms with E-state index in [9.17, 15) is 9.59 Å². The lowest BCUT2D eigenvalue weighted by Gasteiger charge is -2.07. The summed E-state index contributed by atoms with van der Waals surface area (Å²) in [5.41, 5.74) is 0.381. The van der Waals surface area contributed by atoms with E-state index < -0.39 is 11.2 Å². The van der Waals surface area contributed by atoms with Crippen LogP contribution in [0.2, 0.25) is 5.02 Å². The minimum atomic E-state index is -0.876. The number of pyridine rings is 1. The van der Waals surface area contributed by atoms with Crippen LogP contribution in [0.3, 0.4) is 0 Å². The third-order valence-electron chi connectivity index (χ3n) is 2.86. The van der Waals surface area contributed by atoms with E-state index in [1.165, 1.54) is 24.2 Å². The molecule has 2 aromatic heterocycles. The molecule has 0 fully saturated rings. The zero-order chi connectivity index (χ0) is 15.7. The van der Waals surface area contributed by atoms with Gasteiger partial charge in [0.05, 0.1) is 10.6 Å². The number of fused-ring (bicyclic) bond motifs is 1. The van der Waals surface area contributed by atoms with Crippen molar-refractivity contribution in [1.29, 1.82) is 0 Å². The van der Waals surface area contributed by atoms with Crippen molar-refractivity contribution in [3.05, 3.63) is 35.1 Å². The summed E-state index contributed by atoms with van der Waals surface area (Å²) in [5, 5.41) is 3.30. The molecule has 0 unspecified atom stereocenters. The minimum Gasteiger partial charge on any atom is -0.309 e. The molecular weight excluding hydrogens is 344 g/mol. The van der Waals surface area contributed by atoms with Gasteiger partial charge in [0.15, 0.2) is 16.2 Å². The molecule has 0 bridgehead atoms. The van der Waals surface area contributed by atoms with Crippen molar-refractivity contribution >= 4 is 52.6 Å². The third-order valence-corrected chi connectivity index (χ3v) is 4.85. The zero-order valence-electron chi connectivity index (χ0n) is 11.2. The van der Waals surface area contributed by atoms with Gasteiger partial charge in [-0.1, -0.05) is 35.1 Å². The number of hydrogen-bond donors (Lipinski definition) is 1. The number of nitrogens with one attached hydrogen (secondary N) is 1. The van der Waals surface area contributed by atoms with Crippen LogP contribution in [0.1, 0.15) is 10.4 Å². The predicted molar refractivity (Wildman–Crippen MR) is 85.7 cm³/mol. The maximum Gasteiger partial charge on any atom is 0.247 e. The summed E-state index contributed by atoms with van der Waals surface area (Å²) in [6.07, 6.45) is 4.74. The molecule has 0 saturated carbocycles. The van der Waals surface area contributed by atoms with Crippen molar-refractivity contribution in [2.45, 2.75) is 15.4 Å². The molecule has 0 saturated heterocycles. The van der Waals surface area contributed by atoms with E-state index in [0.29, 0.717) is 26.6 Å². The van der Waals surface area contributed by atoms with Crippen molar-refractivity contribution in [3.63, 3.8) is 0 Å². The van der Waals surface area contributed by atoms with Gasteiger partial charge in [0, 0.05) is 12.4 Å². The van der Waals surface area contributed by atoms with Gasteiger partial charge in [-0.25, -0.2) is 15.0 Å². The fourth-order valence-corrected chi connectivity index (χ4v) is 3.38. The lowest BCUT2D eigenvalue weighted by atomic mass is 10.1. The average molecular weight is 353 g/mol. The van der Waals surface area contributed by atoms with E-state index in [0.717, 1.165) is 11.8 Å². The lowest BCUT2D eigenvalue weighted by molar-refractivity contribution is -0.115. The van der Waals surface area contributed by atoms with Crippen LogP contribution >= 0.6 is 35.1 Å². The van der Waals surface area contributed by atoms with Gasteiger partial charge in [-0.05, 0) is 18.4 Å². The Morgan fingerprint density at radius 2 is 2.18 bits per heavy atom. The summed E-state index contributed by atoms with van der Waals surface area (Å²) in [7, 11) is 0. The predicted octanol–water partition coefficient (Wildman–Crippen LogP) is 2.54. The standard InChI is InChI=1S/C13H9ClN4O2S2/c1-21-13-16-5-7-9(19)10(22-12(7)18-13)11(20)17-8-3-2-6(14)4-15-8/h2-5,10H,1H3,(H,15,17,20)/t10-/m0/s1. The van der Waals surface area contributed by atoms with Crippen LogP contribution in [0.5, 0.6) is 0 Å². The number of amides is 1. The first-order chi connectivity index (χ1) is 10.6. The SMILES string of the molecule is CSc1ncc2c(n1)S[C@H](C(=O)Nc1ccc(Cl)cn1)C2=O. The molecule has 0 aromatic carbocycles. The number of carbonyl (C=O) groups excluding carboxylic acids is 2. The normalized spacial score (nSPS) is 16.5. The maximum absolute atomic E-state index is 12.3. The number of hydrogen-bond acceptors (Lipinski definition) is 7. The Labute approximate surface area is 139 Å². The maximum atomic E-state index is 12.3. The Morgan fingerprint density at radius 1 is 1.36 bits per heavy atom. The summed E-state index contributed by atoms with van der Waals surface area (Å²) in [6.45, 7) is 0. The Bertz CT molecular complexity index is 754. The molecular formula is C13H9ClN4O2S2. The molecule has 0 radical (unpaired) electrons. The Morgan fingerprint density at radius 3 is 2.86 bits per heavy atom. The summed E-state index contributed by atoms with van der Waals surface area (Å²) in [4.78, 5) is 36.8. The van der Waals surface area contributed by atoms with Crippen LogP contribution in [-0.2, 0) is 4.79 Å². The highest BCUT2D eigenvalue weighted by molar-refractivity contribution is 8.02. The fourth-order valence-electron chi connectivity index (χ4n) is 1.83. The van der Waals surface area contributed by atoms with Crippen molar-refractivity contribution in [3.8, 4) is 0 Å². The first kappa shape index (κ1) is 15.3. The van der Waals surface area contributed by atoms with Gasteiger partial charge >= 0.3 is 0 Å². The Balaban J connectivity index is 1.77. The molecule has 6 nitrogen and oxygen atoms in total. The number of ketones is 1. The molecule has 112 valence electrons. The van der Waals surface area contributed by atoms with Crippen molar-refractivity contribution in [2.75, 3.05) is 11.6 Å². The summed E-state index contributed by atoms with van der Waals surface area (Å²) in [6, 6.07) is 3.18. The number of aromatic nitrogens is 3. The Kier molecular flexibility index (Phi) is 4.32. The monoisotopic (exact) mass is 352 g/mol. The fraction of sp³-hybridized carbons (Fsp3) is 0.154. The van der Waals surface area contributed by atoms with Crippen molar-refractivity contribution < 1.29 is 9.59 Å².